The zero-order chi connectivity index (χ0) is 14.4. The van der Waals surface area contributed by atoms with Crippen LogP contribution in [0.5, 0.6) is 11.6 Å². The zero-order valence-electron chi connectivity index (χ0n) is 11.8. The first kappa shape index (κ1) is 14.5. The van der Waals surface area contributed by atoms with Gasteiger partial charge in [0.25, 0.3) is 0 Å². The van der Waals surface area contributed by atoms with E-state index in [9.17, 15) is 4.39 Å². The smallest absolute Gasteiger partial charge is 0.223 e. The Bertz CT molecular complexity index is 572. The SMILES string of the molecule is CCNCc1cc(F)cnc1Oc1ccccc1CC. The maximum atomic E-state index is 13.3. The van der Waals surface area contributed by atoms with Gasteiger partial charge in [0, 0.05) is 12.1 Å². The monoisotopic (exact) mass is 274 g/mol. The summed E-state index contributed by atoms with van der Waals surface area (Å²) in [4.78, 5) is 4.06. The van der Waals surface area contributed by atoms with E-state index in [0.29, 0.717) is 12.4 Å². The molecule has 0 radical (unpaired) electrons. The topological polar surface area (TPSA) is 34.2 Å². The fraction of sp³-hybridized carbons (Fsp3) is 0.312. The molecule has 20 heavy (non-hydrogen) atoms. The van der Waals surface area contributed by atoms with Gasteiger partial charge in [-0.3, -0.25) is 0 Å². The molecule has 0 amide bonds. The molecule has 0 saturated heterocycles. The molecule has 0 fully saturated rings. The van der Waals surface area contributed by atoms with E-state index in [1.54, 1.807) is 0 Å². The van der Waals surface area contributed by atoms with Crippen LogP contribution in [-0.4, -0.2) is 11.5 Å². The van der Waals surface area contributed by atoms with E-state index in [2.05, 4.69) is 17.2 Å². The van der Waals surface area contributed by atoms with Gasteiger partial charge in [0.15, 0.2) is 0 Å². The number of aryl methyl sites for hydroxylation is 1. The molecule has 2 aromatic rings. The number of nitrogens with zero attached hydrogens (tertiary/aromatic N) is 1. The minimum Gasteiger partial charge on any atom is -0.438 e. The van der Waals surface area contributed by atoms with Gasteiger partial charge in [0.2, 0.25) is 5.88 Å². The number of rotatable bonds is 6. The number of halogens is 1. The van der Waals surface area contributed by atoms with Crippen molar-refractivity contribution in [3.8, 4) is 11.6 Å². The van der Waals surface area contributed by atoms with Gasteiger partial charge >= 0.3 is 0 Å². The number of ether oxygens (including phenoxy) is 1. The predicted molar refractivity (Wildman–Crippen MR) is 77.5 cm³/mol. The zero-order valence-corrected chi connectivity index (χ0v) is 11.8. The van der Waals surface area contributed by atoms with E-state index in [1.807, 2.05) is 31.2 Å². The summed E-state index contributed by atoms with van der Waals surface area (Å²) >= 11 is 0. The van der Waals surface area contributed by atoms with Gasteiger partial charge in [0.05, 0.1) is 6.20 Å². The Kier molecular flexibility index (Phi) is 5.07. The van der Waals surface area contributed by atoms with E-state index in [4.69, 9.17) is 4.74 Å². The molecule has 3 nitrogen and oxygen atoms in total. The van der Waals surface area contributed by atoms with Crippen LogP contribution in [0.3, 0.4) is 0 Å². The average molecular weight is 274 g/mol. The lowest BCUT2D eigenvalue weighted by molar-refractivity contribution is 0.444. The van der Waals surface area contributed by atoms with Crippen LogP contribution in [0.25, 0.3) is 0 Å². The Morgan fingerprint density at radius 3 is 2.75 bits per heavy atom. The number of hydrogen-bond donors (Lipinski definition) is 1. The third-order valence-corrected chi connectivity index (χ3v) is 3.02. The van der Waals surface area contributed by atoms with Gasteiger partial charge in [0.1, 0.15) is 11.6 Å². The van der Waals surface area contributed by atoms with E-state index in [0.717, 1.165) is 29.8 Å². The van der Waals surface area contributed by atoms with Crippen LogP contribution < -0.4 is 10.1 Å². The summed E-state index contributed by atoms with van der Waals surface area (Å²) in [6.07, 6.45) is 2.05. The molecule has 0 spiro atoms. The highest BCUT2D eigenvalue weighted by Gasteiger charge is 2.10. The molecule has 0 bridgehead atoms. The maximum Gasteiger partial charge on any atom is 0.223 e. The second-order valence-electron chi connectivity index (χ2n) is 4.46. The minimum atomic E-state index is -0.353. The Balaban J connectivity index is 2.28. The summed E-state index contributed by atoms with van der Waals surface area (Å²) in [5.74, 6) is 0.870. The van der Waals surface area contributed by atoms with E-state index < -0.39 is 0 Å². The lowest BCUT2D eigenvalue weighted by Crippen LogP contribution is -2.13. The van der Waals surface area contributed by atoms with E-state index >= 15 is 0 Å². The lowest BCUT2D eigenvalue weighted by Gasteiger charge is -2.12. The number of para-hydroxylation sites is 1. The molecule has 1 heterocycles. The molecule has 1 N–H and O–H groups in total. The largest absolute Gasteiger partial charge is 0.438 e. The van der Waals surface area contributed by atoms with Crippen LogP contribution in [0, 0.1) is 5.82 Å². The van der Waals surface area contributed by atoms with Gasteiger partial charge < -0.3 is 10.1 Å². The Morgan fingerprint density at radius 2 is 2.00 bits per heavy atom. The number of nitrogens with one attached hydrogen (secondary N) is 1. The van der Waals surface area contributed by atoms with Gasteiger partial charge in [-0.15, -0.1) is 0 Å². The molecule has 1 aromatic carbocycles. The third-order valence-electron chi connectivity index (χ3n) is 3.02. The first-order valence-electron chi connectivity index (χ1n) is 6.85. The molecule has 0 aliphatic carbocycles. The summed E-state index contributed by atoms with van der Waals surface area (Å²) in [5, 5.41) is 3.16. The van der Waals surface area contributed by atoms with Crippen molar-refractivity contribution >= 4 is 0 Å². The van der Waals surface area contributed by atoms with Crippen LogP contribution >= 0.6 is 0 Å². The standard InChI is InChI=1S/C16H19FN2O/c1-3-12-7-5-6-8-15(12)20-16-13(10-18-4-2)9-14(17)11-19-16/h5-9,11,18H,3-4,10H2,1-2H3. The molecule has 0 aliphatic heterocycles. The third kappa shape index (κ3) is 3.54. The minimum absolute atomic E-state index is 0.353. The summed E-state index contributed by atoms with van der Waals surface area (Å²) in [7, 11) is 0. The van der Waals surface area contributed by atoms with Crippen molar-refractivity contribution in [2.75, 3.05) is 6.54 Å². The molecular weight excluding hydrogens is 255 g/mol. The summed E-state index contributed by atoms with van der Waals surface area (Å²) < 4.78 is 19.2. The molecular formula is C16H19FN2O. The predicted octanol–water partition coefficient (Wildman–Crippen LogP) is 3.68. The second kappa shape index (κ2) is 7.01. The fourth-order valence-electron chi connectivity index (χ4n) is 1.95. The van der Waals surface area contributed by atoms with Gasteiger partial charge in [-0.1, -0.05) is 32.0 Å². The van der Waals surface area contributed by atoms with Crippen molar-refractivity contribution in [1.29, 1.82) is 0 Å². The molecule has 0 aliphatic rings. The lowest BCUT2D eigenvalue weighted by atomic mass is 10.1. The fourth-order valence-corrected chi connectivity index (χ4v) is 1.95. The number of hydrogen-bond acceptors (Lipinski definition) is 3. The van der Waals surface area contributed by atoms with Crippen molar-refractivity contribution in [3.05, 3.63) is 53.5 Å². The number of aromatic nitrogens is 1. The number of pyridine rings is 1. The average Bonchev–Trinajstić information content (AvgIpc) is 2.48. The van der Waals surface area contributed by atoms with Crippen molar-refractivity contribution in [2.45, 2.75) is 26.8 Å². The van der Waals surface area contributed by atoms with Crippen LogP contribution in [-0.2, 0) is 13.0 Å². The normalized spacial score (nSPS) is 10.6. The molecule has 0 saturated carbocycles. The van der Waals surface area contributed by atoms with Crippen LogP contribution in [0.1, 0.15) is 25.0 Å². The first-order chi connectivity index (χ1) is 9.74. The molecule has 106 valence electrons. The van der Waals surface area contributed by atoms with Crippen LogP contribution in [0.2, 0.25) is 0 Å². The van der Waals surface area contributed by atoms with Crippen LogP contribution in [0.15, 0.2) is 36.5 Å². The first-order valence-corrected chi connectivity index (χ1v) is 6.85. The Labute approximate surface area is 118 Å². The Morgan fingerprint density at radius 1 is 1.20 bits per heavy atom. The highest BCUT2D eigenvalue weighted by atomic mass is 19.1. The second-order valence-corrected chi connectivity index (χ2v) is 4.46. The molecule has 1 aromatic heterocycles. The summed E-state index contributed by atoms with van der Waals surface area (Å²) in [6.45, 7) is 5.41. The van der Waals surface area contributed by atoms with Gasteiger partial charge in [-0.05, 0) is 30.7 Å². The van der Waals surface area contributed by atoms with Gasteiger partial charge in [-0.25, -0.2) is 9.37 Å². The molecule has 4 heteroatoms. The molecule has 0 atom stereocenters. The summed E-state index contributed by atoms with van der Waals surface area (Å²) in [5.41, 5.74) is 1.82. The summed E-state index contributed by atoms with van der Waals surface area (Å²) in [6, 6.07) is 9.27. The van der Waals surface area contributed by atoms with Crippen LogP contribution in [0.4, 0.5) is 4.39 Å². The van der Waals surface area contributed by atoms with Crippen molar-refractivity contribution < 1.29 is 9.13 Å². The van der Waals surface area contributed by atoms with Gasteiger partial charge in [-0.2, -0.15) is 0 Å². The quantitative estimate of drug-likeness (QED) is 0.872. The van der Waals surface area contributed by atoms with E-state index in [-0.39, 0.29) is 5.82 Å². The van der Waals surface area contributed by atoms with E-state index in [1.165, 1.54) is 12.3 Å². The number of benzene rings is 1. The Hall–Kier alpha value is -1.94. The van der Waals surface area contributed by atoms with Crippen molar-refractivity contribution in [2.24, 2.45) is 0 Å². The maximum absolute atomic E-state index is 13.3. The highest BCUT2D eigenvalue weighted by Crippen LogP contribution is 2.27. The van der Waals surface area contributed by atoms with Crippen molar-refractivity contribution in [1.82, 2.24) is 10.3 Å². The molecule has 2 rings (SSSR count). The van der Waals surface area contributed by atoms with Crippen molar-refractivity contribution in [3.63, 3.8) is 0 Å². The highest BCUT2D eigenvalue weighted by molar-refractivity contribution is 5.38. The molecule has 0 unspecified atom stereocenters.